The molecule has 3 aliphatic heterocycles. The standard InChI is InChI=1S/C20H27F3N6O2S.C8H14N2O.C2H6/c1-24-8-16-26-17(28(3)31-16)15-7-13-14(10-32-19(13)29(15)11-20(21,22)23)18(30)25-12-5-4-6-27(2)9-12;1-8(2,3)10-5-7(6-11)4-9-10;1-2/h7,10,12,17,24H,4-6,8-9,11H2,1-3H3,(H,25,30);5-6,9H,4H2,1-3H3;1-2H3. The molecule has 1 fully saturated rings. The number of carbonyl (C=O) groups is 2. The predicted octanol–water partition coefficient (Wildman–Crippen LogP) is 4.30. The first-order valence-corrected chi connectivity index (χ1v) is 16.1. The van der Waals surface area contributed by atoms with Gasteiger partial charge in [-0.3, -0.25) is 9.59 Å². The van der Waals surface area contributed by atoms with Crippen molar-refractivity contribution >= 4 is 39.6 Å². The van der Waals surface area contributed by atoms with Crippen LogP contribution in [0.1, 0.15) is 69.7 Å². The number of fused-ring (bicyclic) bond motifs is 1. The monoisotopic (exact) mass is 656 g/mol. The Morgan fingerprint density at radius 3 is 2.51 bits per heavy atom. The van der Waals surface area contributed by atoms with Gasteiger partial charge in [-0.1, -0.05) is 13.8 Å². The van der Waals surface area contributed by atoms with Crippen LogP contribution in [-0.2, 0) is 16.2 Å². The average molecular weight is 657 g/mol. The van der Waals surface area contributed by atoms with Crippen molar-refractivity contribution in [3.8, 4) is 0 Å². The van der Waals surface area contributed by atoms with Crippen LogP contribution in [0.3, 0.4) is 0 Å². The number of aromatic nitrogens is 1. The van der Waals surface area contributed by atoms with E-state index in [1.165, 1.54) is 9.63 Å². The van der Waals surface area contributed by atoms with Gasteiger partial charge < -0.3 is 29.9 Å². The lowest BCUT2D eigenvalue weighted by molar-refractivity contribution is -0.141. The Morgan fingerprint density at radius 1 is 1.24 bits per heavy atom. The lowest BCUT2D eigenvalue weighted by atomic mass is 10.1. The number of hydrazine groups is 1. The maximum Gasteiger partial charge on any atom is 0.406 e. The molecular formula is C30H47F3N8O3S. The summed E-state index contributed by atoms with van der Waals surface area (Å²) in [6.07, 6.45) is -0.533. The smallest absolute Gasteiger partial charge is 0.387 e. The molecule has 0 bridgehead atoms. The SMILES string of the molecule is CC.CC(C)(C)N1C=C(C=O)CN1.CNCC1=NC(c2cc3c(C(=O)NC4CCCN(C)C4)csc3n2CC(F)(F)F)N(C)O1. The Balaban J connectivity index is 0.000000357. The lowest BCUT2D eigenvalue weighted by Gasteiger charge is -2.31. The number of aliphatic imine (C=N–C) groups is 1. The van der Waals surface area contributed by atoms with Gasteiger partial charge in [0.1, 0.15) is 17.7 Å². The minimum atomic E-state index is -4.42. The number of halogens is 3. The zero-order valence-electron chi connectivity index (χ0n) is 27.4. The van der Waals surface area contributed by atoms with E-state index in [0.717, 1.165) is 49.1 Å². The van der Waals surface area contributed by atoms with Gasteiger partial charge in [-0.25, -0.2) is 10.4 Å². The normalized spacial score (nSPS) is 20.9. The van der Waals surface area contributed by atoms with Crippen molar-refractivity contribution in [1.29, 1.82) is 0 Å². The molecule has 252 valence electrons. The van der Waals surface area contributed by atoms with Crippen LogP contribution in [0.2, 0.25) is 0 Å². The first-order valence-electron chi connectivity index (χ1n) is 15.2. The third-order valence-corrected chi connectivity index (χ3v) is 8.29. The molecule has 2 aromatic heterocycles. The molecule has 5 rings (SSSR count). The molecule has 0 spiro atoms. The van der Waals surface area contributed by atoms with Crippen LogP contribution in [0.4, 0.5) is 13.2 Å². The van der Waals surface area contributed by atoms with Gasteiger partial charge in [0.15, 0.2) is 6.17 Å². The van der Waals surface area contributed by atoms with Crippen molar-refractivity contribution in [2.45, 2.75) is 77.9 Å². The molecule has 0 radical (unpaired) electrons. The van der Waals surface area contributed by atoms with E-state index >= 15 is 0 Å². The van der Waals surface area contributed by atoms with Gasteiger partial charge in [-0.05, 0) is 60.3 Å². The second kappa shape index (κ2) is 15.5. The summed E-state index contributed by atoms with van der Waals surface area (Å²) in [6, 6.07) is 1.66. The number of alkyl halides is 3. The van der Waals surface area contributed by atoms with Gasteiger partial charge >= 0.3 is 6.18 Å². The van der Waals surface area contributed by atoms with E-state index in [9.17, 15) is 22.8 Å². The number of hydrogen-bond donors (Lipinski definition) is 3. The van der Waals surface area contributed by atoms with Crippen LogP contribution in [0.15, 0.2) is 28.2 Å². The second-order valence-corrected chi connectivity index (χ2v) is 12.8. The largest absolute Gasteiger partial charge is 0.406 e. The van der Waals surface area contributed by atoms with Gasteiger partial charge in [0.05, 0.1) is 17.8 Å². The number of hydroxylamine groups is 2. The Bertz CT molecular complexity index is 1360. The van der Waals surface area contributed by atoms with Crippen molar-refractivity contribution in [2.24, 2.45) is 4.99 Å². The first-order chi connectivity index (χ1) is 21.2. The average Bonchev–Trinajstić information content (AvgIpc) is 3.74. The molecule has 2 aromatic rings. The third kappa shape index (κ3) is 9.51. The summed E-state index contributed by atoms with van der Waals surface area (Å²) in [7, 11) is 5.37. The highest BCUT2D eigenvalue weighted by Gasteiger charge is 2.36. The highest BCUT2D eigenvalue weighted by Crippen LogP contribution is 2.38. The molecule has 2 atom stereocenters. The van der Waals surface area contributed by atoms with Crippen LogP contribution in [0, 0.1) is 0 Å². The van der Waals surface area contributed by atoms with E-state index in [1.54, 1.807) is 25.5 Å². The number of hydrogen-bond acceptors (Lipinski definition) is 10. The van der Waals surface area contributed by atoms with Crippen LogP contribution in [-0.4, -0.2) is 103 Å². The molecule has 1 saturated heterocycles. The van der Waals surface area contributed by atoms with E-state index in [2.05, 4.69) is 46.7 Å². The highest BCUT2D eigenvalue weighted by molar-refractivity contribution is 7.17. The molecule has 0 aromatic carbocycles. The molecular weight excluding hydrogens is 609 g/mol. The summed E-state index contributed by atoms with van der Waals surface area (Å²) in [4.78, 5) is 35.9. The fourth-order valence-corrected chi connectivity index (χ4v) is 6.26. The zero-order chi connectivity index (χ0) is 33.5. The molecule has 0 aliphatic carbocycles. The molecule has 3 aliphatic rings. The van der Waals surface area contributed by atoms with Crippen molar-refractivity contribution < 1.29 is 27.6 Å². The van der Waals surface area contributed by atoms with E-state index < -0.39 is 18.9 Å². The number of likely N-dealkylation sites (N-methyl/N-ethyl adjacent to an activating group) is 2. The van der Waals surface area contributed by atoms with Crippen molar-refractivity contribution in [1.82, 2.24) is 35.6 Å². The van der Waals surface area contributed by atoms with Gasteiger partial charge in [-0.15, -0.1) is 16.4 Å². The van der Waals surface area contributed by atoms with Crippen LogP contribution in [0.5, 0.6) is 0 Å². The number of nitrogens with one attached hydrogen (secondary N) is 3. The fourth-order valence-electron chi connectivity index (χ4n) is 5.20. The maximum absolute atomic E-state index is 13.4. The minimum Gasteiger partial charge on any atom is -0.387 e. The van der Waals surface area contributed by atoms with E-state index in [0.29, 0.717) is 40.5 Å². The minimum absolute atomic E-state index is 0.0241. The third-order valence-electron chi connectivity index (χ3n) is 7.27. The number of thiophene rings is 1. The van der Waals surface area contributed by atoms with Crippen molar-refractivity contribution in [3.05, 3.63) is 34.5 Å². The molecule has 11 nitrogen and oxygen atoms in total. The van der Waals surface area contributed by atoms with E-state index in [1.807, 2.05) is 32.1 Å². The second-order valence-electron chi connectivity index (χ2n) is 12.0. The van der Waals surface area contributed by atoms with Gasteiger partial charge in [0.25, 0.3) is 5.91 Å². The number of nitrogens with zero attached hydrogens (tertiary/aromatic N) is 5. The molecule has 2 unspecified atom stereocenters. The van der Waals surface area contributed by atoms with Crippen LogP contribution >= 0.6 is 11.3 Å². The predicted molar refractivity (Wildman–Crippen MR) is 172 cm³/mol. The summed E-state index contributed by atoms with van der Waals surface area (Å²) in [6.45, 7) is 11.9. The maximum atomic E-state index is 13.4. The van der Waals surface area contributed by atoms with Crippen molar-refractivity contribution in [2.75, 3.05) is 47.3 Å². The Morgan fingerprint density at radius 2 is 1.96 bits per heavy atom. The zero-order valence-corrected chi connectivity index (χ0v) is 28.2. The molecule has 5 heterocycles. The van der Waals surface area contributed by atoms with Gasteiger partial charge in [0.2, 0.25) is 5.90 Å². The summed E-state index contributed by atoms with van der Waals surface area (Å²) in [5.41, 5.74) is 4.69. The van der Waals surface area contributed by atoms with E-state index in [4.69, 9.17) is 4.84 Å². The fraction of sp³-hybridized carbons (Fsp3) is 0.633. The van der Waals surface area contributed by atoms with Crippen LogP contribution < -0.4 is 16.1 Å². The molecule has 0 saturated carbocycles. The number of rotatable bonds is 7. The Labute approximate surface area is 267 Å². The Hall–Kier alpha value is -2.98. The summed E-state index contributed by atoms with van der Waals surface area (Å²) >= 11 is 1.14. The Kier molecular flexibility index (Phi) is 12.6. The summed E-state index contributed by atoms with van der Waals surface area (Å²) in [5, 5.41) is 11.5. The molecule has 45 heavy (non-hydrogen) atoms. The molecule has 3 N–H and O–H groups in total. The number of piperidine rings is 1. The first kappa shape index (κ1) is 36.5. The number of carbonyl (C=O) groups excluding carboxylic acids is 2. The number of amides is 1. The quantitative estimate of drug-likeness (QED) is 0.379. The van der Waals surface area contributed by atoms with Gasteiger partial charge in [-0.2, -0.15) is 13.2 Å². The molecule has 15 heteroatoms. The topological polar surface area (TPSA) is 106 Å². The summed E-state index contributed by atoms with van der Waals surface area (Å²) in [5.74, 6) is 0.130. The van der Waals surface area contributed by atoms with Crippen LogP contribution in [0.25, 0.3) is 10.2 Å². The van der Waals surface area contributed by atoms with Gasteiger partial charge in [0, 0.05) is 54.3 Å². The highest BCUT2D eigenvalue weighted by atomic mass is 32.1. The number of likely N-dealkylation sites (tertiary alicyclic amines) is 1. The number of aldehydes is 1. The summed E-state index contributed by atoms with van der Waals surface area (Å²) < 4.78 is 41.5. The molecule has 1 amide bonds. The van der Waals surface area contributed by atoms with Crippen molar-refractivity contribution in [3.63, 3.8) is 0 Å². The lowest BCUT2D eigenvalue weighted by Crippen LogP contribution is -2.46. The van der Waals surface area contributed by atoms with E-state index in [-0.39, 0.29) is 17.5 Å².